The molecule has 0 fully saturated rings. The maximum Gasteiger partial charge on any atom is 0.264 e. The third-order valence-electron chi connectivity index (χ3n) is 1.25. The van der Waals surface area contributed by atoms with Crippen molar-refractivity contribution in [3.8, 4) is 10.6 Å². The molecule has 0 atom stereocenters. The lowest BCUT2D eigenvalue weighted by Gasteiger charge is -1.82. The second kappa shape index (κ2) is 2.79. The van der Waals surface area contributed by atoms with E-state index >= 15 is 0 Å². The van der Waals surface area contributed by atoms with Crippen LogP contribution in [0.15, 0.2) is 33.0 Å². The van der Waals surface area contributed by atoms with Crippen molar-refractivity contribution in [2.75, 3.05) is 0 Å². The van der Waals surface area contributed by atoms with E-state index in [1.54, 1.807) is 17.6 Å². The fraction of sp³-hybridized carbons (Fsp3) is 0. The Kier molecular flexibility index (Phi) is 1.79. The molecule has 56 valence electrons. The van der Waals surface area contributed by atoms with Crippen molar-refractivity contribution in [1.82, 2.24) is 4.98 Å². The van der Waals surface area contributed by atoms with Gasteiger partial charge in [-0.2, -0.15) is 0 Å². The fourth-order valence-electron chi connectivity index (χ4n) is 0.789. The molecule has 0 aliphatic heterocycles. The number of aromatic nitrogens is 1. The Labute approximate surface area is 76.0 Å². The van der Waals surface area contributed by atoms with Crippen molar-refractivity contribution in [3.63, 3.8) is 0 Å². The molecule has 2 nitrogen and oxygen atoms in total. The summed E-state index contributed by atoms with van der Waals surface area (Å²) < 4.78 is 5.00. The predicted molar refractivity (Wildman–Crippen MR) is 47.5 cm³/mol. The molecule has 11 heavy (non-hydrogen) atoms. The minimum absolute atomic E-state index is 0.529. The van der Waals surface area contributed by atoms with E-state index in [-0.39, 0.29) is 0 Å². The van der Waals surface area contributed by atoms with Crippen LogP contribution in [0.3, 0.4) is 0 Å². The molecule has 0 bridgehead atoms. The van der Waals surface area contributed by atoms with Crippen molar-refractivity contribution < 1.29 is 4.42 Å². The van der Waals surface area contributed by atoms with Crippen LogP contribution in [0.5, 0.6) is 0 Å². The first-order chi connectivity index (χ1) is 5.36. The molecular weight excluding hydrogens is 226 g/mol. The van der Waals surface area contributed by atoms with Gasteiger partial charge in [-0.25, -0.2) is 4.98 Å². The van der Waals surface area contributed by atoms with Crippen molar-refractivity contribution in [2.24, 2.45) is 0 Å². The highest BCUT2D eigenvalue weighted by molar-refractivity contribution is 9.10. The van der Waals surface area contributed by atoms with E-state index < -0.39 is 0 Å². The molecule has 0 radical (unpaired) electrons. The van der Waals surface area contributed by atoms with Crippen molar-refractivity contribution in [2.45, 2.75) is 0 Å². The number of halogens is 1. The largest absolute Gasteiger partial charge is 0.439 e. The first kappa shape index (κ1) is 7.06. The van der Waals surface area contributed by atoms with E-state index in [0.29, 0.717) is 4.80 Å². The highest BCUT2D eigenvalue weighted by Gasteiger charge is 2.03. The van der Waals surface area contributed by atoms with Gasteiger partial charge in [0.1, 0.15) is 12.0 Å². The van der Waals surface area contributed by atoms with E-state index in [1.165, 1.54) is 0 Å². The van der Waals surface area contributed by atoms with Crippen molar-refractivity contribution >= 4 is 27.3 Å². The maximum absolute atomic E-state index is 5.00. The lowest BCUT2D eigenvalue weighted by Crippen LogP contribution is -1.67. The molecular formula is C7H4BrNOS. The molecule has 2 aromatic rings. The highest BCUT2D eigenvalue weighted by Crippen LogP contribution is 2.24. The molecule has 0 amide bonds. The van der Waals surface area contributed by atoms with Crippen LogP contribution in [0, 0.1) is 0 Å². The number of thiophene rings is 1. The van der Waals surface area contributed by atoms with Gasteiger partial charge in [-0.05, 0) is 11.4 Å². The summed E-state index contributed by atoms with van der Waals surface area (Å²) in [4.78, 5) is 5.77. The van der Waals surface area contributed by atoms with E-state index in [1.807, 2.05) is 17.5 Å². The first-order valence-corrected chi connectivity index (χ1v) is 4.68. The molecule has 0 aliphatic carbocycles. The second-order valence-corrected chi connectivity index (χ2v) is 3.59. The van der Waals surface area contributed by atoms with Crippen molar-refractivity contribution in [3.05, 3.63) is 28.6 Å². The van der Waals surface area contributed by atoms with Crippen LogP contribution in [-0.4, -0.2) is 4.98 Å². The van der Waals surface area contributed by atoms with Gasteiger partial charge in [0.25, 0.3) is 4.80 Å². The summed E-state index contributed by atoms with van der Waals surface area (Å²) in [5, 5.41) is 2.01. The number of hydrogen-bond donors (Lipinski definition) is 0. The lowest BCUT2D eigenvalue weighted by molar-refractivity contribution is 0.529. The van der Waals surface area contributed by atoms with E-state index in [4.69, 9.17) is 4.42 Å². The van der Waals surface area contributed by atoms with Gasteiger partial charge >= 0.3 is 0 Å². The van der Waals surface area contributed by atoms with Crippen LogP contribution < -0.4 is 0 Å². The van der Waals surface area contributed by atoms with Crippen LogP contribution in [-0.2, 0) is 0 Å². The van der Waals surface area contributed by atoms with Gasteiger partial charge < -0.3 is 4.42 Å². The van der Waals surface area contributed by atoms with Gasteiger partial charge in [-0.3, -0.25) is 0 Å². The summed E-state index contributed by atoms with van der Waals surface area (Å²) in [7, 11) is 0. The molecule has 2 heterocycles. The topological polar surface area (TPSA) is 26.0 Å². The average molecular weight is 230 g/mol. The first-order valence-electron chi connectivity index (χ1n) is 3.01. The van der Waals surface area contributed by atoms with E-state index in [2.05, 4.69) is 20.9 Å². The molecule has 0 saturated carbocycles. The van der Waals surface area contributed by atoms with Crippen LogP contribution in [0.4, 0.5) is 0 Å². The molecule has 0 aliphatic rings. The van der Waals surface area contributed by atoms with E-state index in [9.17, 15) is 0 Å². The highest BCUT2D eigenvalue weighted by atomic mass is 79.9. The van der Waals surface area contributed by atoms with Gasteiger partial charge in [0.15, 0.2) is 0 Å². The fourth-order valence-corrected chi connectivity index (χ4v) is 1.75. The Hall–Kier alpha value is -0.610. The van der Waals surface area contributed by atoms with Gasteiger partial charge in [0, 0.05) is 15.9 Å². The Morgan fingerprint density at radius 3 is 3.00 bits per heavy atom. The number of hydrogen-bond acceptors (Lipinski definition) is 3. The summed E-state index contributed by atoms with van der Waals surface area (Å²) in [5.74, 6) is 0. The molecule has 4 heteroatoms. The zero-order chi connectivity index (χ0) is 7.68. The summed E-state index contributed by atoms with van der Waals surface area (Å²) in [6.45, 7) is 0. The zero-order valence-electron chi connectivity index (χ0n) is 5.45. The molecule has 0 N–H and O–H groups in total. The third kappa shape index (κ3) is 1.36. The third-order valence-corrected chi connectivity index (χ3v) is 2.51. The smallest absolute Gasteiger partial charge is 0.264 e. The van der Waals surface area contributed by atoms with Crippen LogP contribution in [0.2, 0.25) is 0 Å². The quantitative estimate of drug-likeness (QED) is 0.751. The Bertz CT molecular complexity index is 341. The normalized spacial score (nSPS) is 10.3. The summed E-state index contributed by atoms with van der Waals surface area (Å²) in [5.41, 5.74) is 0.881. The summed E-state index contributed by atoms with van der Waals surface area (Å²) in [6.07, 6.45) is 1.63. The van der Waals surface area contributed by atoms with E-state index in [0.717, 1.165) is 10.6 Å². The maximum atomic E-state index is 5.00. The van der Waals surface area contributed by atoms with Crippen LogP contribution in [0.1, 0.15) is 0 Å². The number of rotatable bonds is 1. The SMILES string of the molecule is Brc1nc(-c2cccs2)co1. The predicted octanol–water partition coefficient (Wildman–Crippen LogP) is 3.17. The minimum Gasteiger partial charge on any atom is -0.439 e. The molecule has 2 rings (SSSR count). The second-order valence-electron chi connectivity index (χ2n) is 1.96. The average Bonchev–Trinajstić information content (AvgIpc) is 2.55. The molecule has 2 aromatic heterocycles. The van der Waals surface area contributed by atoms with Gasteiger partial charge in [-0.1, -0.05) is 6.07 Å². The summed E-state index contributed by atoms with van der Waals surface area (Å²) in [6, 6.07) is 4.00. The van der Waals surface area contributed by atoms with Gasteiger partial charge in [0.2, 0.25) is 0 Å². The zero-order valence-corrected chi connectivity index (χ0v) is 7.85. The monoisotopic (exact) mass is 229 g/mol. The van der Waals surface area contributed by atoms with Gasteiger partial charge in [-0.15, -0.1) is 11.3 Å². The summed E-state index contributed by atoms with van der Waals surface area (Å²) >= 11 is 4.79. The minimum atomic E-state index is 0.529. The Morgan fingerprint density at radius 2 is 2.45 bits per heavy atom. The number of nitrogens with zero attached hydrogens (tertiary/aromatic N) is 1. The standard InChI is InChI=1S/C7H4BrNOS/c8-7-9-5(4-10-7)6-2-1-3-11-6/h1-4H. The molecule has 0 aromatic carbocycles. The number of oxazole rings is 1. The molecule has 0 unspecified atom stereocenters. The lowest BCUT2D eigenvalue weighted by atomic mass is 10.4. The molecule has 0 spiro atoms. The Morgan fingerprint density at radius 1 is 1.55 bits per heavy atom. The molecule has 0 saturated heterocycles. The van der Waals surface area contributed by atoms with Crippen LogP contribution >= 0.6 is 27.3 Å². The van der Waals surface area contributed by atoms with Crippen LogP contribution in [0.25, 0.3) is 10.6 Å². The van der Waals surface area contributed by atoms with Crippen molar-refractivity contribution in [1.29, 1.82) is 0 Å². The van der Waals surface area contributed by atoms with Gasteiger partial charge in [0.05, 0.1) is 4.88 Å². The Balaban J connectivity index is 2.45.